The smallest absolute Gasteiger partial charge is 0.416 e. The molecule has 0 aliphatic carbocycles. The van der Waals surface area contributed by atoms with Crippen molar-refractivity contribution in [2.24, 2.45) is 0 Å². The molecule has 0 aliphatic rings. The average Bonchev–Trinajstić information content (AvgIpc) is 2.92. The first kappa shape index (κ1) is 13.2. The Balaban J connectivity index is 2.14. The molecule has 0 bridgehead atoms. The SMILES string of the molecule is FC(F)(F)c1cnc2oc(-c3n[nH]c(Cl)c3Cl)nc2c1. The second kappa shape index (κ2) is 4.35. The summed E-state index contributed by atoms with van der Waals surface area (Å²) >= 11 is 11.5. The summed E-state index contributed by atoms with van der Waals surface area (Å²) in [5.41, 5.74) is -0.924. The number of aromatic amines is 1. The molecule has 0 aliphatic heterocycles. The monoisotopic (exact) mass is 322 g/mol. The highest BCUT2D eigenvalue weighted by Crippen LogP contribution is 2.34. The van der Waals surface area contributed by atoms with Crippen molar-refractivity contribution in [3.05, 3.63) is 28.0 Å². The normalized spacial score (nSPS) is 12.2. The Labute approximate surface area is 118 Å². The van der Waals surface area contributed by atoms with Crippen molar-refractivity contribution in [2.45, 2.75) is 6.18 Å². The van der Waals surface area contributed by atoms with Crippen LogP contribution in [-0.4, -0.2) is 20.2 Å². The minimum Gasteiger partial charge on any atom is -0.416 e. The van der Waals surface area contributed by atoms with E-state index >= 15 is 0 Å². The first-order chi connectivity index (χ1) is 9.36. The van der Waals surface area contributed by atoms with Gasteiger partial charge in [-0.05, 0) is 6.07 Å². The average molecular weight is 323 g/mol. The lowest BCUT2D eigenvalue weighted by molar-refractivity contribution is -0.137. The van der Waals surface area contributed by atoms with Gasteiger partial charge in [0.25, 0.3) is 5.89 Å². The molecule has 104 valence electrons. The van der Waals surface area contributed by atoms with Crippen LogP contribution in [0.1, 0.15) is 5.56 Å². The van der Waals surface area contributed by atoms with Crippen LogP contribution >= 0.6 is 23.2 Å². The number of halogens is 5. The first-order valence-corrected chi connectivity index (χ1v) is 5.85. The van der Waals surface area contributed by atoms with Crippen LogP contribution in [0.2, 0.25) is 10.2 Å². The van der Waals surface area contributed by atoms with E-state index in [0.717, 1.165) is 6.07 Å². The number of aromatic nitrogens is 4. The number of H-pyrrole nitrogens is 1. The molecule has 3 rings (SSSR count). The third kappa shape index (κ3) is 2.10. The molecule has 0 amide bonds. The maximum absolute atomic E-state index is 12.6. The van der Waals surface area contributed by atoms with E-state index in [9.17, 15) is 13.2 Å². The van der Waals surface area contributed by atoms with Gasteiger partial charge in [-0.2, -0.15) is 18.3 Å². The zero-order valence-corrected chi connectivity index (χ0v) is 10.8. The Morgan fingerprint density at radius 2 is 2.00 bits per heavy atom. The summed E-state index contributed by atoms with van der Waals surface area (Å²) in [5.74, 6) is -0.0695. The molecule has 0 atom stereocenters. The molecule has 0 fully saturated rings. The molecule has 0 unspecified atom stereocenters. The van der Waals surface area contributed by atoms with Gasteiger partial charge in [-0.3, -0.25) is 5.10 Å². The fraction of sp³-hybridized carbons (Fsp3) is 0.100. The molecule has 3 heterocycles. The van der Waals surface area contributed by atoms with E-state index in [2.05, 4.69) is 20.2 Å². The lowest BCUT2D eigenvalue weighted by atomic mass is 10.2. The van der Waals surface area contributed by atoms with Crippen molar-refractivity contribution in [1.82, 2.24) is 20.2 Å². The molecule has 3 aromatic heterocycles. The van der Waals surface area contributed by atoms with Crippen molar-refractivity contribution in [3.63, 3.8) is 0 Å². The Morgan fingerprint density at radius 3 is 2.60 bits per heavy atom. The Hall–Kier alpha value is -1.80. The molecule has 10 heteroatoms. The third-order valence-electron chi connectivity index (χ3n) is 2.44. The fourth-order valence-corrected chi connectivity index (χ4v) is 1.83. The van der Waals surface area contributed by atoms with Crippen LogP contribution in [0.4, 0.5) is 13.2 Å². The van der Waals surface area contributed by atoms with E-state index in [-0.39, 0.29) is 33.0 Å². The van der Waals surface area contributed by atoms with Gasteiger partial charge in [0.2, 0.25) is 5.71 Å². The van der Waals surface area contributed by atoms with Crippen molar-refractivity contribution >= 4 is 34.4 Å². The Kier molecular flexibility index (Phi) is 2.87. The van der Waals surface area contributed by atoms with Gasteiger partial charge < -0.3 is 4.42 Å². The molecular formula is C10H3Cl2F3N4O. The quantitative estimate of drug-likeness (QED) is 0.736. The van der Waals surface area contributed by atoms with Crippen LogP contribution in [-0.2, 0) is 6.18 Å². The highest BCUT2D eigenvalue weighted by molar-refractivity contribution is 6.42. The second-order valence-corrected chi connectivity index (χ2v) is 4.52. The van der Waals surface area contributed by atoms with Gasteiger partial charge in [0.05, 0.1) is 5.56 Å². The van der Waals surface area contributed by atoms with E-state index in [1.165, 1.54) is 0 Å². The van der Waals surface area contributed by atoms with Crippen LogP contribution in [0.15, 0.2) is 16.7 Å². The number of alkyl halides is 3. The summed E-state index contributed by atoms with van der Waals surface area (Å²) in [6.45, 7) is 0. The van der Waals surface area contributed by atoms with Crippen molar-refractivity contribution < 1.29 is 17.6 Å². The fourth-order valence-electron chi connectivity index (χ4n) is 1.53. The Morgan fingerprint density at radius 1 is 1.25 bits per heavy atom. The summed E-state index contributed by atoms with van der Waals surface area (Å²) < 4.78 is 42.9. The second-order valence-electron chi connectivity index (χ2n) is 3.77. The zero-order valence-electron chi connectivity index (χ0n) is 9.29. The molecule has 20 heavy (non-hydrogen) atoms. The molecule has 0 saturated carbocycles. The van der Waals surface area contributed by atoms with E-state index < -0.39 is 11.7 Å². The minimum absolute atomic E-state index is 0.0509. The summed E-state index contributed by atoms with van der Waals surface area (Å²) in [5, 5.41) is 6.30. The molecule has 1 N–H and O–H groups in total. The predicted octanol–water partition coefficient (Wildman–Crippen LogP) is 3.94. The van der Waals surface area contributed by atoms with E-state index in [1.807, 2.05) is 0 Å². The van der Waals surface area contributed by atoms with Gasteiger partial charge in [-0.15, -0.1) is 0 Å². The van der Waals surface area contributed by atoms with Crippen LogP contribution in [0, 0.1) is 0 Å². The van der Waals surface area contributed by atoms with E-state index in [0.29, 0.717) is 6.20 Å². The van der Waals surface area contributed by atoms with Gasteiger partial charge in [-0.25, -0.2) is 9.97 Å². The van der Waals surface area contributed by atoms with Crippen molar-refractivity contribution in [2.75, 3.05) is 0 Å². The topological polar surface area (TPSA) is 67.6 Å². The Bertz CT molecular complexity index is 795. The number of rotatable bonds is 1. The van der Waals surface area contributed by atoms with Crippen LogP contribution < -0.4 is 0 Å². The summed E-state index contributed by atoms with van der Waals surface area (Å²) in [6.07, 6.45) is -3.84. The summed E-state index contributed by atoms with van der Waals surface area (Å²) in [7, 11) is 0. The van der Waals surface area contributed by atoms with Crippen LogP contribution in [0.25, 0.3) is 22.8 Å². The van der Waals surface area contributed by atoms with Gasteiger partial charge in [-0.1, -0.05) is 23.2 Å². The van der Waals surface area contributed by atoms with Crippen molar-refractivity contribution in [1.29, 1.82) is 0 Å². The molecule has 3 aromatic rings. The number of nitrogens with zero attached hydrogens (tertiary/aromatic N) is 3. The van der Waals surface area contributed by atoms with Gasteiger partial charge in [0.15, 0.2) is 5.69 Å². The molecule has 0 saturated heterocycles. The standard InChI is InChI=1S/C10H3Cl2F3N4O/c11-5-6(18-19-7(5)12)9-17-4-1-3(10(13,14)15)2-16-8(4)20-9/h1-2H,(H,18,19). The maximum atomic E-state index is 12.6. The lowest BCUT2D eigenvalue weighted by Gasteiger charge is -2.03. The highest BCUT2D eigenvalue weighted by Gasteiger charge is 2.32. The summed E-state index contributed by atoms with van der Waals surface area (Å²) in [6, 6.07) is 0.831. The number of hydrogen-bond donors (Lipinski definition) is 1. The van der Waals surface area contributed by atoms with Gasteiger partial charge >= 0.3 is 6.18 Å². The zero-order chi connectivity index (χ0) is 14.5. The third-order valence-corrected chi connectivity index (χ3v) is 3.18. The van der Waals surface area contributed by atoms with Crippen LogP contribution in [0.3, 0.4) is 0 Å². The number of oxazole rings is 1. The largest absolute Gasteiger partial charge is 0.417 e. The molecular weight excluding hydrogens is 320 g/mol. The minimum atomic E-state index is -4.51. The number of fused-ring (bicyclic) bond motifs is 1. The molecule has 0 radical (unpaired) electrons. The molecule has 0 spiro atoms. The number of hydrogen-bond acceptors (Lipinski definition) is 4. The van der Waals surface area contributed by atoms with E-state index in [1.54, 1.807) is 0 Å². The first-order valence-electron chi connectivity index (χ1n) is 5.10. The molecule has 5 nitrogen and oxygen atoms in total. The number of pyridine rings is 1. The van der Waals surface area contributed by atoms with Gasteiger partial charge in [0, 0.05) is 6.20 Å². The van der Waals surface area contributed by atoms with Gasteiger partial charge in [0.1, 0.15) is 15.7 Å². The van der Waals surface area contributed by atoms with Crippen LogP contribution in [0.5, 0.6) is 0 Å². The predicted molar refractivity (Wildman–Crippen MR) is 64.4 cm³/mol. The summed E-state index contributed by atoms with van der Waals surface area (Å²) in [4.78, 5) is 7.44. The number of nitrogens with one attached hydrogen (secondary N) is 1. The maximum Gasteiger partial charge on any atom is 0.417 e. The highest BCUT2D eigenvalue weighted by atomic mass is 35.5. The van der Waals surface area contributed by atoms with E-state index in [4.69, 9.17) is 27.6 Å². The van der Waals surface area contributed by atoms with Crippen molar-refractivity contribution in [3.8, 4) is 11.6 Å². The molecule has 0 aromatic carbocycles. The lowest BCUT2D eigenvalue weighted by Crippen LogP contribution is -2.04.